The van der Waals surface area contributed by atoms with Crippen molar-refractivity contribution in [1.82, 2.24) is 10.1 Å². The lowest BCUT2D eigenvalue weighted by Crippen LogP contribution is -1.85. The van der Waals surface area contributed by atoms with Crippen LogP contribution >= 0.6 is 12.4 Å². The molecule has 5 heteroatoms. The van der Waals surface area contributed by atoms with Gasteiger partial charge in [0.15, 0.2) is 0 Å². The number of benzene rings is 1. The standard InChI is InChI=1S/C9H9N3O.ClH/c1-6-11-9(12-13-6)7-2-4-8(10)5-3-7;/h2-5H,10H2,1H3;1H. The van der Waals surface area contributed by atoms with Crippen LogP contribution in [0.3, 0.4) is 0 Å². The normalized spacial score (nSPS) is 9.50. The van der Waals surface area contributed by atoms with E-state index in [0.717, 1.165) is 11.3 Å². The maximum Gasteiger partial charge on any atom is 0.223 e. The van der Waals surface area contributed by atoms with Gasteiger partial charge in [-0.1, -0.05) is 5.16 Å². The Morgan fingerprint density at radius 2 is 1.86 bits per heavy atom. The van der Waals surface area contributed by atoms with Crippen molar-refractivity contribution >= 4 is 18.1 Å². The molecule has 0 spiro atoms. The number of rotatable bonds is 1. The second kappa shape index (κ2) is 4.11. The Balaban J connectivity index is 0.000000980. The zero-order chi connectivity index (χ0) is 9.26. The first-order chi connectivity index (χ1) is 6.25. The number of hydrogen-bond donors (Lipinski definition) is 1. The third kappa shape index (κ3) is 2.03. The number of nitrogens with zero attached hydrogens (tertiary/aromatic N) is 2. The van der Waals surface area contributed by atoms with Gasteiger partial charge in [-0.05, 0) is 24.3 Å². The predicted octanol–water partition coefficient (Wildman–Crippen LogP) is 2.05. The monoisotopic (exact) mass is 211 g/mol. The molecule has 0 aliphatic rings. The molecule has 1 heterocycles. The van der Waals surface area contributed by atoms with E-state index in [1.807, 2.05) is 12.1 Å². The van der Waals surface area contributed by atoms with Gasteiger partial charge < -0.3 is 10.3 Å². The minimum absolute atomic E-state index is 0. The summed E-state index contributed by atoms with van der Waals surface area (Å²) in [6.07, 6.45) is 0. The molecule has 1 aromatic heterocycles. The van der Waals surface area contributed by atoms with Crippen molar-refractivity contribution in [3.63, 3.8) is 0 Å². The third-order valence-corrected chi connectivity index (χ3v) is 1.70. The Labute approximate surface area is 87.5 Å². The molecule has 14 heavy (non-hydrogen) atoms. The van der Waals surface area contributed by atoms with Crippen molar-refractivity contribution in [2.24, 2.45) is 0 Å². The lowest BCUT2D eigenvalue weighted by molar-refractivity contribution is 0.394. The van der Waals surface area contributed by atoms with Crippen molar-refractivity contribution in [3.8, 4) is 11.4 Å². The van der Waals surface area contributed by atoms with Gasteiger partial charge in [-0.15, -0.1) is 12.4 Å². The summed E-state index contributed by atoms with van der Waals surface area (Å²) in [5.41, 5.74) is 7.18. The van der Waals surface area contributed by atoms with E-state index < -0.39 is 0 Å². The van der Waals surface area contributed by atoms with Gasteiger partial charge in [0, 0.05) is 18.2 Å². The third-order valence-electron chi connectivity index (χ3n) is 1.70. The highest BCUT2D eigenvalue weighted by molar-refractivity contribution is 5.85. The van der Waals surface area contributed by atoms with Gasteiger partial charge in [0.25, 0.3) is 0 Å². The second-order valence-electron chi connectivity index (χ2n) is 2.76. The molecule has 0 saturated carbocycles. The average Bonchev–Trinajstić information content (AvgIpc) is 2.53. The van der Waals surface area contributed by atoms with Crippen molar-refractivity contribution in [2.75, 3.05) is 5.73 Å². The number of aryl methyl sites for hydroxylation is 1. The van der Waals surface area contributed by atoms with Crippen LogP contribution in [0.5, 0.6) is 0 Å². The molecule has 2 aromatic rings. The Kier molecular flexibility index (Phi) is 3.09. The highest BCUT2D eigenvalue weighted by Gasteiger charge is 2.03. The molecule has 0 bridgehead atoms. The minimum Gasteiger partial charge on any atom is -0.399 e. The average molecular weight is 212 g/mol. The number of halogens is 1. The van der Waals surface area contributed by atoms with Gasteiger partial charge in [-0.2, -0.15) is 4.98 Å². The smallest absolute Gasteiger partial charge is 0.223 e. The van der Waals surface area contributed by atoms with Crippen LogP contribution in [-0.2, 0) is 0 Å². The summed E-state index contributed by atoms with van der Waals surface area (Å²) in [6, 6.07) is 7.33. The largest absolute Gasteiger partial charge is 0.399 e. The van der Waals surface area contributed by atoms with Gasteiger partial charge >= 0.3 is 0 Å². The van der Waals surface area contributed by atoms with Crippen molar-refractivity contribution in [1.29, 1.82) is 0 Å². The van der Waals surface area contributed by atoms with Crippen molar-refractivity contribution < 1.29 is 4.52 Å². The zero-order valence-corrected chi connectivity index (χ0v) is 8.41. The molecule has 0 radical (unpaired) electrons. The lowest BCUT2D eigenvalue weighted by Gasteiger charge is -1.94. The molecule has 2 N–H and O–H groups in total. The first-order valence-electron chi connectivity index (χ1n) is 3.92. The van der Waals surface area contributed by atoms with E-state index in [1.54, 1.807) is 19.1 Å². The molecule has 0 atom stereocenters. The Hall–Kier alpha value is -1.55. The van der Waals surface area contributed by atoms with E-state index in [4.69, 9.17) is 10.3 Å². The Morgan fingerprint density at radius 1 is 1.21 bits per heavy atom. The summed E-state index contributed by atoms with van der Waals surface area (Å²) >= 11 is 0. The SMILES string of the molecule is Cc1nc(-c2ccc(N)cc2)no1.Cl. The van der Waals surface area contributed by atoms with E-state index >= 15 is 0 Å². The van der Waals surface area contributed by atoms with Crippen LogP contribution in [0.25, 0.3) is 11.4 Å². The molecular weight excluding hydrogens is 202 g/mol. The van der Waals surface area contributed by atoms with E-state index in [0.29, 0.717) is 11.7 Å². The van der Waals surface area contributed by atoms with Crippen molar-refractivity contribution in [3.05, 3.63) is 30.2 Å². The van der Waals surface area contributed by atoms with E-state index in [2.05, 4.69) is 10.1 Å². The lowest BCUT2D eigenvalue weighted by atomic mass is 10.2. The summed E-state index contributed by atoms with van der Waals surface area (Å²) in [5.74, 6) is 1.16. The van der Waals surface area contributed by atoms with Gasteiger partial charge in [-0.25, -0.2) is 0 Å². The topological polar surface area (TPSA) is 64.9 Å². The van der Waals surface area contributed by atoms with Crippen LogP contribution in [0, 0.1) is 6.92 Å². The van der Waals surface area contributed by atoms with Gasteiger partial charge in [0.2, 0.25) is 11.7 Å². The summed E-state index contributed by atoms with van der Waals surface area (Å²) in [6.45, 7) is 1.76. The molecule has 0 aliphatic heterocycles. The highest BCUT2D eigenvalue weighted by atomic mass is 35.5. The molecule has 0 unspecified atom stereocenters. The van der Waals surface area contributed by atoms with E-state index in [9.17, 15) is 0 Å². The molecule has 0 saturated heterocycles. The first-order valence-corrected chi connectivity index (χ1v) is 3.92. The molecule has 0 fully saturated rings. The molecule has 74 valence electrons. The maximum absolute atomic E-state index is 5.55. The summed E-state index contributed by atoms with van der Waals surface area (Å²) in [7, 11) is 0. The Bertz CT molecular complexity index is 410. The van der Waals surface area contributed by atoms with Gasteiger partial charge in [0.1, 0.15) is 0 Å². The molecular formula is C9H10ClN3O. The second-order valence-corrected chi connectivity index (χ2v) is 2.76. The Morgan fingerprint density at radius 3 is 2.36 bits per heavy atom. The molecule has 0 aliphatic carbocycles. The molecule has 1 aromatic carbocycles. The fraction of sp³-hybridized carbons (Fsp3) is 0.111. The van der Waals surface area contributed by atoms with E-state index in [-0.39, 0.29) is 12.4 Å². The number of nitrogens with two attached hydrogens (primary N) is 1. The van der Waals surface area contributed by atoms with Crippen LogP contribution in [0.15, 0.2) is 28.8 Å². The van der Waals surface area contributed by atoms with E-state index in [1.165, 1.54) is 0 Å². The van der Waals surface area contributed by atoms with Crippen LogP contribution in [-0.4, -0.2) is 10.1 Å². The maximum atomic E-state index is 5.55. The van der Waals surface area contributed by atoms with Gasteiger partial charge in [0.05, 0.1) is 0 Å². The zero-order valence-electron chi connectivity index (χ0n) is 7.60. The molecule has 4 nitrogen and oxygen atoms in total. The minimum atomic E-state index is 0. The number of hydrogen-bond acceptors (Lipinski definition) is 4. The van der Waals surface area contributed by atoms with Crippen LogP contribution in [0.1, 0.15) is 5.89 Å². The van der Waals surface area contributed by atoms with Crippen molar-refractivity contribution in [2.45, 2.75) is 6.92 Å². The van der Waals surface area contributed by atoms with Crippen LogP contribution < -0.4 is 5.73 Å². The van der Waals surface area contributed by atoms with Crippen LogP contribution in [0.2, 0.25) is 0 Å². The fourth-order valence-corrected chi connectivity index (χ4v) is 1.05. The summed E-state index contributed by atoms with van der Waals surface area (Å²) in [5, 5.41) is 3.79. The predicted molar refractivity (Wildman–Crippen MR) is 56.1 cm³/mol. The molecule has 2 rings (SSSR count). The van der Waals surface area contributed by atoms with Gasteiger partial charge in [-0.3, -0.25) is 0 Å². The highest BCUT2D eigenvalue weighted by Crippen LogP contribution is 2.16. The quantitative estimate of drug-likeness (QED) is 0.734. The number of nitrogen functional groups attached to an aromatic ring is 1. The molecule has 0 amide bonds. The summed E-state index contributed by atoms with van der Waals surface area (Å²) in [4.78, 5) is 4.09. The van der Waals surface area contributed by atoms with Crippen LogP contribution in [0.4, 0.5) is 5.69 Å². The number of anilines is 1. The fourth-order valence-electron chi connectivity index (χ4n) is 1.05. The first kappa shape index (κ1) is 10.5. The summed E-state index contributed by atoms with van der Waals surface area (Å²) < 4.78 is 4.86. The number of aromatic nitrogens is 2.